The van der Waals surface area contributed by atoms with Crippen LogP contribution in [0.5, 0.6) is 0 Å². The van der Waals surface area contributed by atoms with Gasteiger partial charge in [0, 0.05) is 12.1 Å². The van der Waals surface area contributed by atoms with Crippen molar-refractivity contribution in [2.75, 3.05) is 11.5 Å². The number of hydrogen-bond acceptors (Lipinski definition) is 3. The molecule has 1 aliphatic heterocycles. The molecule has 0 aromatic heterocycles. The molecule has 0 bridgehead atoms. The summed E-state index contributed by atoms with van der Waals surface area (Å²) in [5, 5.41) is 3.64. The second kappa shape index (κ2) is 6.06. The molecule has 106 valence electrons. The van der Waals surface area contributed by atoms with E-state index in [1.807, 2.05) is 6.07 Å². The summed E-state index contributed by atoms with van der Waals surface area (Å²) in [5.74, 6) is 1.13. The summed E-state index contributed by atoms with van der Waals surface area (Å²) in [6.45, 7) is 4.40. The maximum Gasteiger partial charge on any atom is 0.150 e. The molecular formula is C15H23NO2S. The Balaban J connectivity index is 2.03. The van der Waals surface area contributed by atoms with E-state index >= 15 is 0 Å². The van der Waals surface area contributed by atoms with E-state index in [-0.39, 0.29) is 0 Å². The Morgan fingerprint density at radius 1 is 1.11 bits per heavy atom. The van der Waals surface area contributed by atoms with Crippen LogP contribution in [-0.4, -0.2) is 26.0 Å². The zero-order chi connectivity index (χ0) is 13.9. The SMILES string of the molecule is CC(C)C(NC1CCS(=O)(=O)CC1)c1ccccc1. The molecule has 1 atom stereocenters. The highest BCUT2D eigenvalue weighted by atomic mass is 32.2. The van der Waals surface area contributed by atoms with Crippen molar-refractivity contribution >= 4 is 9.84 Å². The highest BCUT2D eigenvalue weighted by Crippen LogP contribution is 2.24. The van der Waals surface area contributed by atoms with E-state index < -0.39 is 9.84 Å². The van der Waals surface area contributed by atoms with Crippen LogP contribution in [0.3, 0.4) is 0 Å². The predicted octanol–water partition coefficient (Wildman–Crippen LogP) is 2.55. The summed E-state index contributed by atoms with van der Waals surface area (Å²) in [5.41, 5.74) is 1.28. The third-order valence-electron chi connectivity index (χ3n) is 3.80. The molecule has 1 saturated heterocycles. The van der Waals surface area contributed by atoms with E-state index in [2.05, 4.69) is 43.4 Å². The van der Waals surface area contributed by atoms with Crippen LogP contribution >= 0.6 is 0 Å². The minimum atomic E-state index is -2.78. The maximum atomic E-state index is 11.5. The third kappa shape index (κ3) is 4.05. The van der Waals surface area contributed by atoms with Crippen molar-refractivity contribution in [3.8, 4) is 0 Å². The Labute approximate surface area is 116 Å². The van der Waals surface area contributed by atoms with Crippen LogP contribution in [0.2, 0.25) is 0 Å². The van der Waals surface area contributed by atoms with Gasteiger partial charge in [-0.3, -0.25) is 0 Å². The first-order valence-electron chi connectivity index (χ1n) is 6.99. The normalized spacial score (nSPS) is 21.4. The maximum absolute atomic E-state index is 11.5. The number of hydrogen-bond donors (Lipinski definition) is 1. The van der Waals surface area contributed by atoms with E-state index in [1.165, 1.54) is 5.56 Å². The Bertz CT molecular complexity index is 482. The van der Waals surface area contributed by atoms with Crippen LogP contribution in [0.4, 0.5) is 0 Å². The van der Waals surface area contributed by atoms with Gasteiger partial charge in [0.15, 0.2) is 0 Å². The molecule has 2 rings (SSSR count). The molecule has 1 fully saturated rings. The van der Waals surface area contributed by atoms with Gasteiger partial charge in [-0.2, -0.15) is 0 Å². The zero-order valence-corrected chi connectivity index (χ0v) is 12.5. The number of nitrogens with one attached hydrogen (secondary N) is 1. The molecule has 0 spiro atoms. The molecule has 1 aliphatic rings. The summed E-state index contributed by atoms with van der Waals surface area (Å²) in [4.78, 5) is 0. The number of rotatable bonds is 4. The van der Waals surface area contributed by atoms with E-state index in [0.29, 0.717) is 29.5 Å². The van der Waals surface area contributed by atoms with Gasteiger partial charge in [-0.05, 0) is 24.3 Å². The summed E-state index contributed by atoms with van der Waals surface area (Å²) in [7, 11) is -2.78. The summed E-state index contributed by atoms with van der Waals surface area (Å²) in [6, 6.07) is 11.0. The van der Waals surface area contributed by atoms with Gasteiger partial charge in [0.2, 0.25) is 0 Å². The smallest absolute Gasteiger partial charge is 0.150 e. The Hall–Kier alpha value is -0.870. The van der Waals surface area contributed by atoms with Gasteiger partial charge in [0.25, 0.3) is 0 Å². The van der Waals surface area contributed by atoms with Crippen LogP contribution in [0, 0.1) is 5.92 Å². The molecule has 1 unspecified atom stereocenters. The summed E-state index contributed by atoms with van der Waals surface area (Å²) >= 11 is 0. The average Bonchev–Trinajstić information content (AvgIpc) is 2.38. The first kappa shape index (κ1) is 14.5. The Morgan fingerprint density at radius 3 is 2.21 bits per heavy atom. The molecule has 0 amide bonds. The minimum Gasteiger partial charge on any atom is -0.307 e. The molecule has 0 radical (unpaired) electrons. The molecule has 0 aliphatic carbocycles. The fourth-order valence-corrected chi connectivity index (χ4v) is 4.14. The fraction of sp³-hybridized carbons (Fsp3) is 0.600. The largest absolute Gasteiger partial charge is 0.307 e. The van der Waals surface area contributed by atoms with Gasteiger partial charge in [0.1, 0.15) is 9.84 Å². The standard InChI is InChI=1S/C15H23NO2S/c1-12(2)15(13-6-4-3-5-7-13)16-14-8-10-19(17,18)11-9-14/h3-7,12,14-16H,8-11H2,1-2H3. The van der Waals surface area contributed by atoms with Gasteiger partial charge in [-0.1, -0.05) is 44.2 Å². The Morgan fingerprint density at radius 2 is 1.68 bits per heavy atom. The molecule has 1 aromatic carbocycles. The van der Waals surface area contributed by atoms with Gasteiger partial charge >= 0.3 is 0 Å². The van der Waals surface area contributed by atoms with Crippen molar-refractivity contribution in [1.82, 2.24) is 5.32 Å². The molecule has 4 heteroatoms. The monoisotopic (exact) mass is 281 g/mol. The first-order chi connectivity index (χ1) is 8.98. The second-order valence-corrected chi connectivity index (χ2v) is 8.03. The van der Waals surface area contributed by atoms with Crippen LogP contribution in [-0.2, 0) is 9.84 Å². The number of sulfone groups is 1. The lowest BCUT2D eigenvalue weighted by atomic mass is 9.94. The van der Waals surface area contributed by atoms with Gasteiger partial charge in [-0.15, -0.1) is 0 Å². The quantitative estimate of drug-likeness (QED) is 0.922. The lowest BCUT2D eigenvalue weighted by Gasteiger charge is -2.31. The molecule has 0 saturated carbocycles. The molecular weight excluding hydrogens is 258 g/mol. The first-order valence-corrected chi connectivity index (χ1v) is 8.81. The third-order valence-corrected chi connectivity index (χ3v) is 5.51. The lowest BCUT2D eigenvalue weighted by molar-refractivity contribution is 0.342. The molecule has 1 heterocycles. The van der Waals surface area contributed by atoms with Gasteiger partial charge in [0.05, 0.1) is 11.5 Å². The minimum absolute atomic E-state index is 0.298. The van der Waals surface area contributed by atoms with Crippen molar-refractivity contribution in [2.45, 2.75) is 38.8 Å². The van der Waals surface area contributed by atoms with Crippen molar-refractivity contribution in [1.29, 1.82) is 0 Å². The summed E-state index contributed by atoms with van der Waals surface area (Å²) in [6.07, 6.45) is 1.47. The van der Waals surface area contributed by atoms with E-state index in [4.69, 9.17) is 0 Å². The van der Waals surface area contributed by atoms with E-state index in [9.17, 15) is 8.42 Å². The molecule has 1 aromatic rings. The second-order valence-electron chi connectivity index (χ2n) is 5.73. The Kier molecular flexibility index (Phi) is 4.63. The zero-order valence-electron chi connectivity index (χ0n) is 11.7. The van der Waals surface area contributed by atoms with Crippen molar-refractivity contribution in [2.24, 2.45) is 5.92 Å². The van der Waals surface area contributed by atoms with Gasteiger partial charge in [-0.25, -0.2) is 8.42 Å². The van der Waals surface area contributed by atoms with Crippen molar-refractivity contribution in [3.63, 3.8) is 0 Å². The topological polar surface area (TPSA) is 46.2 Å². The van der Waals surface area contributed by atoms with E-state index in [0.717, 1.165) is 12.8 Å². The highest BCUT2D eigenvalue weighted by molar-refractivity contribution is 7.91. The molecule has 19 heavy (non-hydrogen) atoms. The van der Waals surface area contributed by atoms with Gasteiger partial charge < -0.3 is 5.32 Å². The predicted molar refractivity (Wildman–Crippen MR) is 78.8 cm³/mol. The summed E-state index contributed by atoms with van der Waals surface area (Å²) < 4.78 is 22.9. The van der Waals surface area contributed by atoms with Crippen molar-refractivity contribution < 1.29 is 8.42 Å². The number of benzene rings is 1. The van der Waals surface area contributed by atoms with Crippen LogP contribution in [0.25, 0.3) is 0 Å². The van der Waals surface area contributed by atoms with Crippen molar-refractivity contribution in [3.05, 3.63) is 35.9 Å². The molecule has 1 N–H and O–H groups in total. The average molecular weight is 281 g/mol. The van der Waals surface area contributed by atoms with Crippen LogP contribution in [0.1, 0.15) is 38.3 Å². The van der Waals surface area contributed by atoms with E-state index in [1.54, 1.807) is 0 Å². The fourth-order valence-electron chi connectivity index (χ4n) is 2.64. The van der Waals surface area contributed by atoms with Crippen LogP contribution < -0.4 is 5.32 Å². The molecule has 3 nitrogen and oxygen atoms in total. The van der Waals surface area contributed by atoms with Crippen LogP contribution in [0.15, 0.2) is 30.3 Å². The lowest BCUT2D eigenvalue weighted by Crippen LogP contribution is -2.41. The highest BCUT2D eigenvalue weighted by Gasteiger charge is 2.26.